The third-order valence-electron chi connectivity index (χ3n) is 4.50. The lowest BCUT2D eigenvalue weighted by molar-refractivity contribution is -0.122. The van der Waals surface area contributed by atoms with Crippen LogP contribution in [0.25, 0.3) is 11.0 Å². The van der Waals surface area contributed by atoms with Gasteiger partial charge in [0.1, 0.15) is 11.6 Å². The zero-order chi connectivity index (χ0) is 18.3. The van der Waals surface area contributed by atoms with Gasteiger partial charge in [-0.1, -0.05) is 0 Å². The number of carbonyl (C=O) groups is 2. The molecule has 4 rings (SSSR count). The second-order valence-corrected chi connectivity index (χ2v) is 6.43. The smallest absolute Gasteiger partial charge is 0.229 e. The Kier molecular flexibility index (Phi) is 3.91. The summed E-state index contributed by atoms with van der Waals surface area (Å²) < 4.78 is 13.1. The molecule has 1 saturated heterocycles. The van der Waals surface area contributed by atoms with E-state index in [9.17, 15) is 14.0 Å². The maximum Gasteiger partial charge on any atom is 0.229 e. The molecule has 26 heavy (non-hydrogen) atoms. The number of fused-ring (bicyclic) bond motifs is 1. The first kappa shape index (κ1) is 16.3. The molecule has 1 aliphatic rings. The topological polar surface area (TPSA) is 78.1 Å². The molecule has 0 bridgehead atoms. The first-order valence-electron chi connectivity index (χ1n) is 8.33. The highest BCUT2D eigenvalue weighted by Crippen LogP contribution is 2.26. The number of nitrogens with one attached hydrogen (secondary N) is 2. The van der Waals surface area contributed by atoms with Crippen LogP contribution < -0.4 is 10.2 Å². The molecule has 0 saturated carbocycles. The number of anilines is 2. The van der Waals surface area contributed by atoms with Gasteiger partial charge in [-0.15, -0.1) is 0 Å². The molecule has 1 fully saturated rings. The molecule has 132 valence electrons. The van der Waals surface area contributed by atoms with Gasteiger partial charge in [0.2, 0.25) is 11.8 Å². The van der Waals surface area contributed by atoms with E-state index >= 15 is 0 Å². The molecule has 1 aromatic heterocycles. The molecule has 6 nitrogen and oxygen atoms in total. The van der Waals surface area contributed by atoms with Crippen molar-refractivity contribution in [3.05, 3.63) is 54.1 Å². The average molecular weight is 352 g/mol. The lowest BCUT2D eigenvalue weighted by atomic mass is 10.1. The Morgan fingerprint density at radius 1 is 1.27 bits per heavy atom. The number of carbonyl (C=O) groups excluding carboxylic acids is 2. The third kappa shape index (κ3) is 3.03. The number of amides is 2. The lowest BCUT2D eigenvalue weighted by Crippen LogP contribution is -2.28. The van der Waals surface area contributed by atoms with E-state index in [4.69, 9.17) is 0 Å². The number of imidazole rings is 1. The number of hydrogen-bond donors (Lipinski definition) is 2. The second-order valence-electron chi connectivity index (χ2n) is 6.43. The van der Waals surface area contributed by atoms with Gasteiger partial charge in [-0.05, 0) is 49.4 Å². The van der Waals surface area contributed by atoms with Crippen molar-refractivity contribution >= 4 is 34.2 Å². The number of aromatic nitrogens is 2. The molecule has 2 aromatic carbocycles. The van der Waals surface area contributed by atoms with Crippen LogP contribution in [0.5, 0.6) is 0 Å². The van der Waals surface area contributed by atoms with Crippen LogP contribution in [0.3, 0.4) is 0 Å². The van der Waals surface area contributed by atoms with Crippen LogP contribution in [0.15, 0.2) is 42.5 Å². The molecule has 1 aliphatic heterocycles. The highest BCUT2D eigenvalue weighted by molar-refractivity contribution is 6.03. The summed E-state index contributed by atoms with van der Waals surface area (Å²) >= 11 is 0. The van der Waals surface area contributed by atoms with Crippen molar-refractivity contribution in [1.29, 1.82) is 0 Å². The summed E-state index contributed by atoms with van der Waals surface area (Å²) in [4.78, 5) is 33.8. The summed E-state index contributed by atoms with van der Waals surface area (Å²) in [7, 11) is 0. The summed E-state index contributed by atoms with van der Waals surface area (Å²) in [5.74, 6) is -0.361. The summed E-state index contributed by atoms with van der Waals surface area (Å²) in [5.41, 5.74) is 2.93. The van der Waals surface area contributed by atoms with Crippen LogP contribution in [0.4, 0.5) is 15.8 Å². The Morgan fingerprint density at radius 2 is 2.04 bits per heavy atom. The molecule has 2 heterocycles. The van der Waals surface area contributed by atoms with E-state index < -0.39 is 5.92 Å². The standard InChI is InChI=1S/C19H17FN4O2/c1-11-21-16-7-4-14(9-17(16)22-11)23-19(26)12-8-18(25)24(10-12)15-5-2-13(20)3-6-15/h2-7,9,12H,8,10H2,1H3,(H,21,22)(H,23,26)/t12-/m0/s1. The number of halogens is 1. The maximum atomic E-state index is 13.1. The van der Waals surface area contributed by atoms with Gasteiger partial charge in [-0.25, -0.2) is 9.37 Å². The van der Waals surface area contributed by atoms with Crippen molar-refractivity contribution in [3.8, 4) is 0 Å². The zero-order valence-electron chi connectivity index (χ0n) is 14.1. The van der Waals surface area contributed by atoms with Crippen molar-refractivity contribution < 1.29 is 14.0 Å². The third-order valence-corrected chi connectivity index (χ3v) is 4.50. The van der Waals surface area contributed by atoms with Gasteiger partial charge in [0.15, 0.2) is 0 Å². The SMILES string of the molecule is Cc1nc2ccc(NC(=O)[C@H]3CC(=O)N(c4ccc(F)cc4)C3)cc2[nH]1. The Labute approximate surface area is 149 Å². The van der Waals surface area contributed by atoms with Crippen LogP contribution in [0.2, 0.25) is 0 Å². The largest absolute Gasteiger partial charge is 0.342 e. The molecule has 0 spiro atoms. The highest BCUT2D eigenvalue weighted by atomic mass is 19.1. The van der Waals surface area contributed by atoms with Crippen LogP contribution in [0.1, 0.15) is 12.2 Å². The first-order valence-corrected chi connectivity index (χ1v) is 8.33. The fraction of sp³-hybridized carbons (Fsp3) is 0.211. The Bertz CT molecular complexity index is 996. The lowest BCUT2D eigenvalue weighted by Gasteiger charge is -2.16. The molecule has 0 aliphatic carbocycles. The molecule has 2 amide bonds. The van der Waals surface area contributed by atoms with E-state index in [0.717, 1.165) is 16.9 Å². The Balaban J connectivity index is 1.47. The number of benzene rings is 2. The number of H-pyrrole nitrogens is 1. The second kappa shape index (κ2) is 6.25. The van der Waals surface area contributed by atoms with Gasteiger partial charge in [0.05, 0.1) is 17.0 Å². The minimum Gasteiger partial charge on any atom is -0.342 e. The van der Waals surface area contributed by atoms with E-state index in [-0.39, 0.29) is 30.6 Å². The van der Waals surface area contributed by atoms with Crippen LogP contribution in [0, 0.1) is 18.7 Å². The number of aromatic amines is 1. The first-order chi connectivity index (χ1) is 12.5. The molecule has 0 radical (unpaired) electrons. The number of nitrogens with zero attached hydrogens (tertiary/aromatic N) is 2. The number of aryl methyl sites for hydroxylation is 1. The van der Waals surface area contributed by atoms with Crippen molar-refractivity contribution in [1.82, 2.24) is 9.97 Å². The minimum atomic E-state index is -0.452. The van der Waals surface area contributed by atoms with Gasteiger partial charge in [0, 0.05) is 24.3 Å². The van der Waals surface area contributed by atoms with Gasteiger partial charge in [-0.2, -0.15) is 0 Å². The minimum absolute atomic E-state index is 0.134. The van der Waals surface area contributed by atoms with E-state index in [0.29, 0.717) is 11.4 Å². The van der Waals surface area contributed by atoms with Crippen LogP contribution in [-0.2, 0) is 9.59 Å². The molecule has 3 aromatic rings. The monoisotopic (exact) mass is 352 g/mol. The van der Waals surface area contributed by atoms with Gasteiger partial charge < -0.3 is 15.2 Å². The molecule has 7 heteroatoms. The summed E-state index contributed by atoms with van der Waals surface area (Å²) in [6, 6.07) is 11.1. The van der Waals surface area contributed by atoms with E-state index in [1.54, 1.807) is 18.2 Å². The molecular formula is C19H17FN4O2. The van der Waals surface area contributed by atoms with Crippen molar-refractivity contribution in [2.75, 3.05) is 16.8 Å². The van der Waals surface area contributed by atoms with Crippen molar-refractivity contribution in [2.45, 2.75) is 13.3 Å². The molecular weight excluding hydrogens is 335 g/mol. The van der Waals surface area contributed by atoms with E-state index in [1.807, 2.05) is 19.1 Å². The zero-order valence-corrected chi connectivity index (χ0v) is 14.1. The maximum absolute atomic E-state index is 13.1. The molecule has 1 atom stereocenters. The Hall–Kier alpha value is -3.22. The highest BCUT2D eigenvalue weighted by Gasteiger charge is 2.35. The van der Waals surface area contributed by atoms with Gasteiger partial charge in [-0.3, -0.25) is 9.59 Å². The summed E-state index contributed by atoms with van der Waals surface area (Å²) in [6.07, 6.45) is 0.134. The predicted octanol–water partition coefficient (Wildman–Crippen LogP) is 3.00. The quantitative estimate of drug-likeness (QED) is 0.761. The average Bonchev–Trinajstić information content (AvgIpc) is 3.17. The number of rotatable bonds is 3. The van der Waals surface area contributed by atoms with Gasteiger partial charge in [0.25, 0.3) is 0 Å². The fourth-order valence-corrected chi connectivity index (χ4v) is 3.21. The van der Waals surface area contributed by atoms with Crippen LogP contribution in [-0.4, -0.2) is 28.3 Å². The molecule has 0 unspecified atom stereocenters. The van der Waals surface area contributed by atoms with Gasteiger partial charge >= 0.3 is 0 Å². The fourth-order valence-electron chi connectivity index (χ4n) is 3.21. The predicted molar refractivity (Wildman–Crippen MR) is 96.3 cm³/mol. The van der Waals surface area contributed by atoms with Crippen molar-refractivity contribution in [3.63, 3.8) is 0 Å². The Morgan fingerprint density at radius 3 is 2.81 bits per heavy atom. The molecule has 2 N–H and O–H groups in total. The summed E-state index contributed by atoms with van der Waals surface area (Å²) in [6.45, 7) is 2.15. The number of hydrogen-bond acceptors (Lipinski definition) is 3. The van der Waals surface area contributed by atoms with E-state index in [2.05, 4.69) is 15.3 Å². The van der Waals surface area contributed by atoms with Crippen LogP contribution >= 0.6 is 0 Å². The van der Waals surface area contributed by atoms with E-state index in [1.165, 1.54) is 17.0 Å². The normalized spacial score (nSPS) is 17.1. The van der Waals surface area contributed by atoms with Crippen molar-refractivity contribution in [2.24, 2.45) is 5.92 Å². The summed E-state index contributed by atoms with van der Waals surface area (Å²) in [5, 5.41) is 2.86.